The van der Waals surface area contributed by atoms with E-state index in [2.05, 4.69) is 48.0 Å². The van der Waals surface area contributed by atoms with Crippen LogP contribution in [0.15, 0.2) is 36.9 Å². The Kier molecular flexibility index (Phi) is 4.77. The van der Waals surface area contributed by atoms with E-state index in [9.17, 15) is 0 Å². The summed E-state index contributed by atoms with van der Waals surface area (Å²) in [7, 11) is 0. The predicted octanol–water partition coefficient (Wildman–Crippen LogP) is 3.55. The Balaban J connectivity index is 1.64. The van der Waals surface area contributed by atoms with Gasteiger partial charge in [0.25, 0.3) is 0 Å². The number of aryl methyl sites for hydroxylation is 1. The molecule has 0 saturated carbocycles. The molecule has 1 aliphatic carbocycles. The Morgan fingerprint density at radius 3 is 2.76 bits per heavy atom. The summed E-state index contributed by atoms with van der Waals surface area (Å²) < 4.78 is 0. The molecule has 1 fully saturated rings. The lowest BCUT2D eigenvalue weighted by molar-refractivity contribution is 0.192. The van der Waals surface area contributed by atoms with Gasteiger partial charge in [-0.2, -0.15) is 0 Å². The maximum atomic E-state index is 3.97. The summed E-state index contributed by atoms with van der Waals surface area (Å²) in [5.41, 5.74) is 3.10. The molecular weight excluding hydrogens is 256 g/mol. The zero-order valence-electron chi connectivity index (χ0n) is 13.2. The van der Waals surface area contributed by atoms with E-state index in [1.54, 1.807) is 11.1 Å². The average molecular weight is 284 g/mol. The van der Waals surface area contributed by atoms with Crippen molar-refractivity contribution < 1.29 is 0 Å². The molecule has 2 aliphatic rings. The largest absolute Gasteiger partial charge is 0.307 e. The molecule has 2 atom stereocenters. The topological polar surface area (TPSA) is 15.3 Å². The van der Waals surface area contributed by atoms with Crippen LogP contribution in [0.4, 0.5) is 0 Å². The number of fused-ring (bicyclic) bond motifs is 1. The second-order valence-electron chi connectivity index (χ2n) is 6.72. The first-order valence-electron chi connectivity index (χ1n) is 8.45. The fourth-order valence-electron chi connectivity index (χ4n) is 3.89. The maximum Gasteiger partial charge on any atom is 0.0351 e. The molecule has 1 aromatic rings. The standard InChI is InChI=1S/C19H28N2/c1-3-12-21-13-10-17(11-14-21)20-19-15(2)8-9-16-6-4-5-7-18(16)19/h3-7,15,17,19-20H,1,8-14H2,2H3/t15-,19+/m1/s1. The molecule has 0 spiro atoms. The van der Waals surface area contributed by atoms with Gasteiger partial charge in [-0.05, 0) is 55.8 Å². The van der Waals surface area contributed by atoms with Crippen molar-refractivity contribution in [3.8, 4) is 0 Å². The van der Waals surface area contributed by atoms with Gasteiger partial charge in [0.1, 0.15) is 0 Å². The molecular formula is C19H28N2. The molecule has 0 bridgehead atoms. The maximum absolute atomic E-state index is 3.97. The van der Waals surface area contributed by atoms with Crippen LogP contribution in [-0.2, 0) is 6.42 Å². The summed E-state index contributed by atoms with van der Waals surface area (Å²) in [6, 6.07) is 10.2. The van der Waals surface area contributed by atoms with Crippen molar-refractivity contribution in [2.24, 2.45) is 5.92 Å². The van der Waals surface area contributed by atoms with E-state index in [0.29, 0.717) is 12.1 Å². The minimum absolute atomic E-state index is 0.547. The van der Waals surface area contributed by atoms with Gasteiger partial charge in [0.2, 0.25) is 0 Å². The van der Waals surface area contributed by atoms with E-state index in [1.807, 2.05) is 6.08 Å². The number of piperidine rings is 1. The van der Waals surface area contributed by atoms with Crippen LogP contribution in [0.2, 0.25) is 0 Å². The summed E-state index contributed by atoms with van der Waals surface area (Å²) in [5.74, 6) is 0.742. The Labute approximate surface area is 129 Å². The van der Waals surface area contributed by atoms with Crippen molar-refractivity contribution in [3.63, 3.8) is 0 Å². The number of benzene rings is 1. The molecule has 2 nitrogen and oxygen atoms in total. The molecule has 0 radical (unpaired) electrons. The number of hydrogen-bond acceptors (Lipinski definition) is 2. The lowest BCUT2D eigenvalue weighted by Gasteiger charge is -2.38. The summed E-state index contributed by atoms with van der Waals surface area (Å²) >= 11 is 0. The Morgan fingerprint density at radius 1 is 1.24 bits per heavy atom. The summed E-state index contributed by atoms with van der Waals surface area (Å²) in [6.45, 7) is 9.69. The third-order valence-corrected chi connectivity index (χ3v) is 5.22. The Morgan fingerprint density at radius 2 is 2.00 bits per heavy atom. The quantitative estimate of drug-likeness (QED) is 0.851. The SMILES string of the molecule is C=CCN1CCC(N[C@@H]2c3ccccc3CC[C@H]2C)CC1. The minimum Gasteiger partial charge on any atom is -0.307 e. The van der Waals surface area contributed by atoms with Crippen LogP contribution in [0.1, 0.15) is 43.4 Å². The smallest absolute Gasteiger partial charge is 0.0351 e. The third kappa shape index (κ3) is 3.38. The molecule has 0 unspecified atom stereocenters. The highest BCUT2D eigenvalue weighted by Gasteiger charge is 2.29. The highest BCUT2D eigenvalue weighted by molar-refractivity contribution is 5.33. The van der Waals surface area contributed by atoms with Gasteiger partial charge in [-0.25, -0.2) is 0 Å². The van der Waals surface area contributed by atoms with E-state index in [1.165, 1.54) is 38.8 Å². The van der Waals surface area contributed by atoms with Gasteiger partial charge < -0.3 is 5.32 Å². The van der Waals surface area contributed by atoms with Gasteiger partial charge in [-0.3, -0.25) is 4.90 Å². The fraction of sp³-hybridized carbons (Fsp3) is 0.579. The van der Waals surface area contributed by atoms with Crippen LogP contribution >= 0.6 is 0 Å². The van der Waals surface area contributed by atoms with Gasteiger partial charge in [-0.15, -0.1) is 6.58 Å². The van der Waals surface area contributed by atoms with Crippen LogP contribution in [0.3, 0.4) is 0 Å². The van der Waals surface area contributed by atoms with Crippen LogP contribution in [-0.4, -0.2) is 30.6 Å². The molecule has 21 heavy (non-hydrogen) atoms. The first kappa shape index (κ1) is 14.8. The van der Waals surface area contributed by atoms with Crippen LogP contribution in [0.25, 0.3) is 0 Å². The molecule has 1 heterocycles. The minimum atomic E-state index is 0.547. The Bertz CT molecular complexity index is 474. The van der Waals surface area contributed by atoms with Gasteiger partial charge in [0.15, 0.2) is 0 Å². The fourth-order valence-corrected chi connectivity index (χ4v) is 3.89. The molecule has 1 N–H and O–H groups in total. The second-order valence-corrected chi connectivity index (χ2v) is 6.72. The second kappa shape index (κ2) is 6.76. The molecule has 2 heteroatoms. The zero-order valence-corrected chi connectivity index (χ0v) is 13.2. The molecule has 3 rings (SSSR count). The number of nitrogens with one attached hydrogen (secondary N) is 1. The van der Waals surface area contributed by atoms with Crippen LogP contribution in [0.5, 0.6) is 0 Å². The van der Waals surface area contributed by atoms with Crippen LogP contribution < -0.4 is 5.32 Å². The summed E-state index contributed by atoms with van der Waals surface area (Å²) in [4.78, 5) is 2.50. The molecule has 1 aromatic carbocycles. The van der Waals surface area contributed by atoms with Crippen molar-refractivity contribution in [3.05, 3.63) is 48.0 Å². The lowest BCUT2D eigenvalue weighted by atomic mass is 9.80. The number of nitrogens with zero attached hydrogens (tertiary/aromatic N) is 1. The van der Waals surface area contributed by atoms with E-state index >= 15 is 0 Å². The predicted molar refractivity (Wildman–Crippen MR) is 89.5 cm³/mol. The summed E-state index contributed by atoms with van der Waals surface area (Å²) in [5, 5.41) is 3.97. The molecule has 1 saturated heterocycles. The lowest BCUT2D eigenvalue weighted by Crippen LogP contribution is -2.45. The van der Waals surface area contributed by atoms with Crippen molar-refractivity contribution in [2.45, 2.75) is 44.7 Å². The number of hydrogen-bond donors (Lipinski definition) is 1. The van der Waals surface area contributed by atoms with E-state index in [4.69, 9.17) is 0 Å². The van der Waals surface area contributed by atoms with E-state index in [-0.39, 0.29) is 0 Å². The van der Waals surface area contributed by atoms with E-state index in [0.717, 1.165) is 12.5 Å². The van der Waals surface area contributed by atoms with Crippen molar-refractivity contribution in [2.75, 3.05) is 19.6 Å². The van der Waals surface area contributed by atoms with Crippen molar-refractivity contribution >= 4 is 0 Å². The van der Waals surface area contributed by atoms with Crippen molar-refractivity contribution in [1.29, 1.82) is 0 Å². The molecule has 0 aromatic heterocycles. The zero-order chi connectivity index (χ0) is 14.7. The van der Waals surface area contributed by atoms with Gasteiger partial charge in [0.05, 0.1) is 0 Å². The first-order valence-corrected chi connectivity index (χ1v) is 8.45. The van der Waals surface area contributed by atoms with Crippen LogP contribution in [0, 0.1) is 5.92 Å². The third-order valence-electron chi connectivity index (χ3n) is 5.22. The van der Waals surface area contributed by atoms with Gasteiger partial charge >= 0.3 is 0 Å². The molecule has 1 aliphatic heterocycles. The number of rotatable bonds is 4. The molecule has 114 valence electrons. The van der Waals surface area contributed by atoms with Gasteiger partial charge in [0, 0.05) is 18.6 Å². The van der Waals surface area contributed by atoms with Crippen molar-refractivity contribution in [1.82, 2.24) is 10.2 Å². The normalized spacial score (nSPS) is 27.3. The van der Waals surface area contributed by atoms with E-state index < -0.39 is 0 Å². The average Bonchev–Trinajstić information content (AvgIpc) is 2.52. The first-order chi connectivity index (χ1) is 10.3. The number of likely N-dealkylation sites (tertiary alicyclic amines) is 1. The highest BCUT2D eigenvalue weighted by atomic mass is 15.1. The monoisotopic (exact) mass is 284 g/mol. The molecule has 0 amide bonds. The summed E-state index contributed by atoms with van der Waals surface area (Å²) in [6.07, 6.45) is 7.10. The van der Waals surface area contributed by atoms with Gasteiger partial charge in [-0.1, -0.05) is 37.3 Å². The highest BCUT2D eigenvalue weighted by Crippen LogP contribution is 2.35. The Hall–Kier alpha value is -1.12.